The molecule has 3 rings (SSSR count). The summed E-state index contributed by atoms with van der Waals surface area (Å²) in [5, 5.41) is 9.39. The quantitative estimate of drug-likeness (QED) is 0.892. The highest BCUT2D eigenvalue weighted by atomic mass is 16.3. The van der Waals surface area contributed by atoms with Crippen molar-refractivity contribution in [2.45, 2.75) is 12.8 Å². The van der Waals surface area contributed by atoms with Crippen LogP contribution in [0.3, 0.4) is 0 Å². The van der Waals surface area contributed by atoms with E-state index in [2.05, 4.69) is 35.1 Å². The van der Waals surface area contributed by atoms with Crippen LogP contribution in [-0.4, -0.2) is 34.9 Å². The number of aryl methyl sites for hydroxylation is 1. The Bertz CT molecular complexity index is 571. The lowest BCUT2D eigenvalue weighted by molar-refractivity contribution is 0.215. The second-order valence-electron chi connectivity index (χ2n) is 5.54. The molecule has 1 aliphatic rings. The van der Waals surface area contributed by atoms with E-state index in [1.807, 2.05) is 17.9 Å². The van der Waals surface area contributed by atoms with Crippen LogP contribution >= 0.6 is 0 Å². The SMILES string of the molecule is CN(CC1(CO)CC1)c1ccc2c(c1)ncn2C. The average molecular weight is 245 g/mol. The molecule has 1 aliphatic carbocycles. The minimum atomic E-state index is 0.147. The van der Waals surface area contributed by atoms with Crippen molar-refractivity contribution in [2.24, 2.45) is 12.5 Å². The number of fused-ring (bicyclic) bond motifs is 1. The summed E-state index contributed by atoms with van der Waals surface area (Å²) >= 11 is 0. The van der Waals surface area contributed by atoms with E-state index in [1.165, 1.54) is 5.69 Å². The molecule has 96 valence electrons. The molecule has 0 saturated heterocycles. The van der Waals surface area contributed by atoms with Crippen molar-refractivity contribution in [3.8, 4) is 0 Å². The molecule has 2 aromatic rings. The van der Waals surface area contributed by atoms with Gasteiger partial charge in [0.25, 0.3) is 0 Å². The summed E-state index contributed by atoms with van der Waals surface area (Å²) in [6.45, 7) is 1.21. The molecule has 4 heteroatoms. The van der Waals surface area contributed by atoms with Gasteiger partial charge in [-0.2, -0.15) is 0 Å². The van der Waals surface area contributed by atoms with Crippen LogP contribution in [0.25, 0.3) is 11.0 Å². The molecule has 0 atom stereocenters. The molecular formula is C14H19N3O. The van der Waals surface area contributed by atoms with E-state index >= 15 is 0 Å². The van der Waals surface area contributed by atoms with E-state index < -0.39 is 0 Å². The largest absolute Gasteiger partial charge is 0.396 e. The summed E-state index contributed by atoms with van der Waals surface area (Å²) in [6.07, 6.45) is 4.11. The molecule has 1 aromatic heterocycles. The molecule has 1 N–H and O–H groups in total. The Balaban J connectivity index is 1.85. The van der Waals surface area contributed by atoms with Crippen LogP contribution in [0.1, 0.15) is 12.8 Å². The van der Waals surface area contributed by atoms with Crippen molar-refractivity contribution in [3.63, 3.8) is 0 Å². The standard InChI is InChI=1S/C14H19N3O/c1-16(8-14(9-18)5-6-14)11-3-4-13-12(7-11)15-10-17(13)2/h3-4,7,10,18H,5-6,8-9H2,1-2H3. The number of rotatable bonds is 4. The van der Waals surface area contributed by atoms with Gasteiger partial charge < -0.3 is 14.6 Å². The number of imidazole rings is 1. The number of aromatic nitrogens is 2. The van der Waals surface area contributed by atoms with Crippen molar-refractivity contribution in [1.82, 2.24) is 9.55 Å². The first-order valence-corrected chi connectivity index (χ1v) is 6.37. The number of nitrogens with zero attached hydrogens (tertiary/aromatic N) is 3. The fraction of sp³-hybridized carbons (Fsp3) is 0.500. The van der Waals surface area contributed by atoms with Gasteiger partial charge in [0.05, 0.1) is 24.0 Å². The van der Waals surface area contributed by atoms with Gasteiger partial charge >= 0.3 is 0 Å². The van der Waals surface area contributed by atoms with Crippen LogP contribution < -0.4 is 4.90 Å². The van der Waals surface area contributed by atoms with Gasteiger partial charge in [-0.1, -0.05) is 0 Å². The summed E-state index contributed by atoms with van der Waals surface area (Å²) in [4.78, 5) is 6.60. The first-order valence-electron chi connectivity index (χ1n) is 6.37. The molecule has 4 nitrogen and oxygen atoms in total. The highest BCUT2D eigenvalue weighted by molar-refractivity contribution is 5.79. The Hall–Kier alpha value is -1.55. The maximum atomic E-state index is 9.39. The van der Waals surface area contributed by atoms with Crippen LogP contribution in [0, 0.1) is 5.41 Å². The number of aliphatic hydroxyl groups is 1. The van der Waals surface area contributed by atoms with Crippen LogP contribution in [0.15, 0.2) is 24.5 Å². The maximum Gasteiger partial charge on any atom is 0.0955 e. The first-order chi connectivity index (χ1) is 8.63. The molecule has 0 radical (unpaired) electrons. The van der Waals surface area contributed by atoms with Crippen molar-refractivity contribution in [3.05, 3.63) is 24.5 Å². The van der Waals surface area contributed by atoms with Gasteiger partial charge in [-0.3, -0.25) is 0 Å². The Morgan fingerprint density at radius 2 is 2.22 bits per heavy atom. The third-order valence-electron chi connectivity index (χ3n) is 4.01. The van der Waals surface area contributed by atoms with E-state index in [0.29, 0.717) is 6.61 Å². The van der Waals surface area contributed by atoms with Gasteiger partial charge in [-0.05, 0) is 31.0 Å². The lowest BCUT2D eigenvalue weighted by Crippen LogP contribution is -2.28. The fourth-order valence-corrected chi connectivity index (χ4v) is 2.50. The summed E-state index contributed by atoms with van der Waals surface area (Å²) in [7, 11) is 4.09. The molecule has 1 heterocycles. The predicted octanol–water partition coefficient (Wildman–Crippen LogP) is 1.78. The number of anilines is 1. The molecule has 18 heavy (non-hydrogen) atoms. The van der Waals surface area contributed by atoms with E-state index in [9.17, 15) is 5.11 Å². The van der Waals surface area contributed by atoms with Crippen molar-refractivity contribution in [1.29, 1.82) is 0 Å². The Labute approximate surface area is 107 Å². The normalized spacial score (nSPS) is 17.1. The number of hydrogen-bond donors (Lipinski definition) is 1. The number of aliphatic hydroxyl groups excluding tert-OH is 1. The van der Waals surface area contributed by atoms with Gasteiger partial charge in [0.1, 0.15) is 0 Å². The van der Waals surface area contributed by atoms with E-state index in [1.54, 1.807) is 0 Å². The van der Waals surface area contributed by atoms with E-state index in [0.717, 1.165) is 30.4 Å². The Morgan fingerprint density at radius 1 is 1.44 bits per heavy atom. The molecule has 0 unspecified atom stereocenters. The van der Waals surface area contributed by atoms with Crippen LogP contribution in [0.2, 0.25) is 0 Å². The van der Waals surface area contributed by atoms with Crippen LogP contribution in [0.4, 0.5) is 5.69 Å². The predicted molar refractivity (Wildman–Crippen MR) is 72.7 cm³/mol. The number of hydrogen-bond acceptors (Lipinski definition) is 3. The summed E-state index contributed by atoms with van der Waals surface area (Å²) in [5.41, 5.74) is 3.49. The van der Waals surface area contributed by atoms with Crippen molar-refractivity contribution < 1.29 is 5.11 Å². The summed E-state index contributed by atoms with van der Waals surface area (Å²) in [6, 6.07) is 6.34. The van der Waals surface area contributed by atoms with Gasteiger partial charge in [0.15, 0.2) is 0 Å². The van der Waals surface area contributed by atoms with E-state index in [-0.39, 0.29) is 5.41 Å². The highest BCUT2D eigenvalue weighted by Crippen LogP contribution is 2.46. The molecule has 0 aliphatic heterocycles. The fourth-order valence-electron chi connectivity index (χ4n) is 2.50. The smallest absolute Gasteiger partial charge is 0.0955 e. The lowest BCUT2D eigenvalue weighted by atomic mass is 10.1. The van der Waals surface area contributed by atoms with Gasteiger partial charge in [-0.15, -0.1) is 0 Å². The molecule has 1 aromatic carbocycles. The van der Waals surface area contributed by atoms with E-state index in [4.69, 9.17) is 0 Å². The monoisotopic (exact) mass is 245 g/mol. The maximum absolute atomic E-state index is 9.39. The zero-order valence-corrected chi connectivity index (χ0v) is 10.9. The molecule has 1 fully saturated rings. The second kappa shape index (κ2) is 3.99. The molecule has 0 spiro atoms. The van der Waals surface area contributed by atoms with Crippen LogP contribution in [-0.2, 0) is 7.05 Å². The second-order valence-corrected chi connectivity index (χ2v) is 5.54. The zero-order chi connectivity index (χ0) is 12.8. The molecule has 0 bridgehead atoms. The van der Waals surface area contributed by atoms with Crippen LogP contribution in [0.5, 0.6) is 0 Å². The van der Waals surface area contributed by atoms with Gasteiger partial charge in [0.2, 0.25) is 0 Å². The Morgan fingerprint density at radius 3 is 2.89 bits per heavy atom. The molecular weight excluding hydrogens is 226 g/mol. The summed E-state index contributed by atoms with van der Waals surface area (Å²) in [5.74, 6) is 0. The minimum absolute atomic E-state index is 0.147. The minimum Gasteiger partial charge on any atom is -0.396 e. The molecule has 1 saturated carbocycles. The first kappa shape index (κ1) is 11.5. The van der Waals surface area contributed by atoms with Crippen molar-refractivity contribution >= 4 is 16.7 Å². The average Bonchev–Trinajstić information content (AvgIpc) is 3.06. The van der Waals surface area contributed by atoms with Gasteiger partial charge in [0, 0.05) is 31.7 Å². The Kier molecular flexibility index (Phi) is 2.55. The topological polar surface area (TPSA) is 41.3 Å². The van der Waals surface area contributed by atoms with Gasteiger partial charge in [-0.25, -0.2) is 4.98 Å². The lowest BCUT2D eigenvalue weighted by Gasteiger charge is -2.24. The highest BCUT2D eigenvalue weighted by Gasteiger charge is 2.42. The zero-order valence-electron chi connectivity index (χ0n) is 10.9. The third kappa shape index (κ3) is 1.86. The third-order valence-corrected chi connectivity index (χ3v) is 4.01. The number of benzene rings is 1. The van der Waals surface area contributed by atoms with Crippen molar-refractivity contribution in [2.75, 3.05) is 25.1 Å². The summed E-state index contributed by atoms with van der Waals surface area (Å²) < 4.78 is 2.02. The molecule has 0 amide bonds.